The second kappa shape index (κ2) is 8.22. The number of benzene rings is 1. The number of carbonyl (C=O) groups is 1. The van der Waals surface area contributed by atoms with Crippen molar-refractivity contribution < 1.29 is 4.79 Å². The van der Waals surface area contributed by atoms with Gasteiger partial charge in [0.05, 0.1) is 22.7 Å². The van der Waals surface area contributed by atoms with E-state index in [1.165, 1.54) is 6.20 Å². The number of allylic oxidation sites excluding steroid dienone is 4. The number of nitrogens with zero attached hydrogens (tertiary/aromatic N) is 4. The Labute approximate surface area is 169 Å². The summed E-state index contributed by atoms with van der Waals surface area (Å²) >= 11 is 0. The van der Waals surface area contributed by atoms with Gasteiger partial charge in [0.1, 0.15) is 5.82 Å². The lowest BCUT2D eigenvalue weighted by Crippen LogP contribution is -2.26. The van der Waals surface area contributed by atoms with Crippen molar-refractivity contribution in [2.24, 2.45) is 7.05 Å². The topological polar surface area (TPSA) is 69.8 Å². The lowest BCUT2D eigenvalue weighted by Gasteiger charge is -2.17. The van der Waals surface area contributed by atoms with Crippen LogP contribution < -0.4 is 5.56 Å². The highest BCUT2D eigenvalue weighted by atomic mass is 16.1. The predicted octanol–water partition coefficient (Wildman–Crippen LogP) is 3.89. The van der Waals surface area contributed by atoms with Gasteiger partial charge in [0, 0.05) is 31.3 Å². The Morgan fingerprint density at radius 2 is 2.03 bits per heavy atom. The minimum Gasteiger partial charge on any atom is -0.294 e. The first kappa shape index (κ1) is 20.2. The van der Waals surface area contributed by atoms with Crippen molar-refractivity contribution >= 4 is 22.4 Å². The van der Waals surface area contributed by atoms with Gasteiger partial charge in [-0.3, -0.25) is 18.8 Å². The first-order chi connectivity index (χ1) is 13.9. The fraction of sp³-hybridized carbons (Fsp3) is 0.217. The highest BCUT2D eigenvalue weighted by Gasteiger charge is 2.19. The third-order valence-electron chi connectivity index (χ3n) is 4.66. The molecule has 6 nitrogen and oxygen atoms in total. The first-order valence-electron chi connectivity index (χ1n) is 9.39. The van der Waals surface area contributed by atoms with Crippen LogP contribution in [0.15, 0.2) is 66.8 Å². The summed E-state index contributed by atoms with van der Waals surface area (Å²) in [4.78, 5) is 31.0. The summed E-state index contributed by atoms with van der Waals surface area (Å²) in [6.45, 7) is 11.5. The molecule has 0 fully saturated rings. The zero-order chi connectivity index (χ0) is 21.1. The second-order valence-corrected chi connectivity index (χ2v) is 7.11. The largest absolute Gasteiger partial charge is 0.294 e. The van der Waals surface area contributed by atoms with Crippen LogP contribution in [0.3, 0.4) is 0 Å². The van der Waals surface area contributed by atoms with Gasteiger partial charge in [-0.25, -0.2) is 4.98 Å². The van der Waals surface area contributed by atoms with Crippen LogP contribution in [0, 0.1) is 0 Å². The number of rotatable bonds is 7. The molecule has 0 amide bonds. The van der Waals surface area contributed by atoms with Gasteiger partial charge in [-0.1, -0.05) is 45.2 Å². The Bertz CT molecular complexity index is 1200. The molecule has 0 aliphatic heterocycles. The highest BCUT2D eigenvalue weighted by molar-refractivity contribution is 5.99. The molecule has 148 valence electrons. The van der Waals surface area contributed by atoms with Crippen molar-refractivity contribution in [2.75, 3.05) is 0 Å². The van der Waals surface area contributed by atoms with Gasteiger partial charge >= 0.3 is 0 Å². The Morgan fingerprint density at radius 1 is 1.28 bits per heavy atom. The van der Waals surface area contributed by atoms with Crippen molar-refractivity contribution in [3.05, 3.63) is 89.3 Å². The standard InChI is InChI=1S/C23H24N4O2/c1-6-9-18(7-2)27-22(15(3)4)25-19-11-8-10-16(21(19)23(27)29)12-20(28)17-13-24-26(5)14-17/h6-11,13-15H,1-2,12H2,3-5H3/b18-9+. The molecule has 0 atom stereocenters. The second-order valence-electron chi connectivity index (χ2n) is 7.11. The van der Waals surface area contributed by atoms with E-state index in [-0.39, 0.29) is 23.7 Å². The molecule has 3 rings (SSSR count). The van der Waals surface area contributed by atoms with Crippen molar-refractivity contribution in [2.45, 2.75) is 26.2 Å². The molecular weight excluding hydrogens is 364 g/mol. The van der Waals surface area contributed by atoms with Crippen molar-refractivity contribution in [3.63, 3.8) is 0 Å². The van der Waals surface area contributed by atoms with Crippen LogP contribution in [-0.2, 0) is 13.5 Å². The highest BCUT2D eigenvalue weighted by Crippen LogP contribution is 2.22. The van der Waals surface area contributed by atoms with Crippen LogP contribution in [0.1, 0.15) is 41.5 Å². The SMILES string of the molecule is C=C/C=C(\C=C)n1c(C(C)C)nc2cccc(CC(=O)c3cnn(C)c3)c2c1=O. The van der Waals surface area contributed by atoms with E-state index >= 15 is 0 Å². The summed E-state index contributed by atoms with van der Waals surface area (Å²) in [6, 6.07) is 5.42. The molecule has 0 unspecified atom stereocenters. The average molecular weight is 388 g/mol. The minimum atomic E-state index is -0.221. The van der Waals surface area contributed by atoms with Crippen LogP contribution in [0.5, 0.6) is 0 Å². The lowest BCUT2D eigenvalue weighted by atomic mass is 10.0. The molecule has 1 aromatic carbocycles. The number of aromatic nitrogens is 4. The summed E-state index contributed by atoms with van der Waals surface area (Å²) in [5.41, 5.74) is 2.10. The number of hydrogen-bond donors (Lipinski definition) is 0. The average Bonchev–Trinajstić information content (AvgIpc) is 3.13. The molecular formula is C23H24N4O2. The van der Waals surface area contributed by atoms with Crippen LogP contribution in [0.25, 0.3) is 16.6 Å². The molecule has 0 spiro atoms. The van der Waals surface area contributed by atoms with Gasteiger partial charge in [0.2, 0.25) is 0 Å². The molecule has 0 aliphatic carbocycles. The van der Waals surface area contributed by atoms with Crippen molar-refractivity contribution in [1.82, 2.24) is 19.3 Å². The van der Waals surface area contributed by atoms with E-state index in [4.69, 9.17) is 4.98 Å². The first-order valence-corrected chi connectivity index (χ1v) is 9.39. The third kappa shape index (κ3) is 3.87. The van der Waals surface area contributed by atoms with Crippen molar-refractivity contribution in [1.29, 1.82) is 0 Å². The Kier molecular flexibility index (Phi) is 5.73. The fourth-order valence-corrected chi connectivity index (χ4v) is 3.29. The zero-order valence-electron chi connectivity index (χ0n) is 16.9. The molecule has 0 bridgehead atoms. The zero-order valence-corrected chi connectivity index (χ0v) is 16.9. The molecule has 2 aromatic heterocycles. The minimum absolute atomic E-state index is 0.0148. The van der Waals surface area contributed by atoms with E-state index in [0.717, 1.165) is 0 Å². The van der Waals surface area contributed by atoms with Crippen LogP contribution in [0.2, 0.25) is 0 Å². The molecule has 0 aliphatic rings. The smallest absolute Gasteiger partial charge is 0.266 e. The summed E-state index contributed by atoms with van der Waals surface area (Å²) in [5, 5.41) is 4.48. The monoisotopic (exact) mass is 388 g/mol. The maximum Gasteiger partial charge on any atom is 0.266 e. The normalized spacial score (nSPS) is 11.8. The van der Waals surface area contributed by atoms with E-state index in [2.05, 4.69) is 18.3 Å². The number of Topliss-reactive ketones (excluding diaryl/α,β-unsaturated/α-hetero) is 1. The number of aryl methyl sites for hydroxylation is 1. The van der Waals surface area contributed by atoms with Gasteiger partial charge in [-0.15, -0.1) is 0 Å². The maximum absolute atomic E-state index is 13.5. The summed E-state index contributed by atoms with van der Waals surface area (Å²) in [5.74, 6) is 0.544. The van der Waals surface area contributed by atoms with E-state index in [1.54, 1.807) is 52.9 Å². The van der Waals surface area contributed by atoms with E-state index in [9.17, 15) is 9.59 Å². The quantitative estimate of drug-likeness (QED) is 0.455. The number of fused-ring (bicyclic) bond motifs is 1. The molecule has 0 radical (unpaired) electrons. The van der Waals surface area contributed by atoms with Gasteiger partial charge in [0.15, 0.2) is 5.78 Å². The molecule has 0 saturated carbocycles. The fourth-order valence-electron chi connectivity index (χ4n) is 3.29. The molecule has 29 heavy (non-hydrogen) atoms. The van der Waals surface area contributed by atoms with E-state index in [0.29, 0.717) is 33.6 Å². The Hall–Kier alpha value is -3.54. The summed E-state index contributed by atoms with van der Waals surface area (Å²) in [7, 11) is 1.76. The van der Waals surface area contributed by atoms with Crippen LogP contribution in [0.4, 0.5) is 0 Å². The Morgan fingerprint density at radius 3 is 2.62 bits per heavy atom. The predicted molar refractivity (Wildman–Crippen MR) is 116 cm³/mol. The molecule has 3 aromatic rings. The Balaban J connectivity index is 2.25. The van der Waals surface area contributed by atoms with E-state index < -0.39 is 0 Å². The van der Waals surface area contributed by atoms with E-state index in [1.807, 2.05) is 19.9 Å². The van der Waals surface area contributed by atoms with Crippen LogP contribution in [-0.4, -0.2) is 25.1 Å². The molecule has 0 N–H and O–H groups in total. The molecule has 2 heterocycles. The van der Waals surface area contributed by atoms with Gasteiger partial charge in [0.25, 0.3) is 5.56 Å². The lowest BCUT2D eigenvalue weighted by molar-refractivity contribution is 0.0993. The molecule has 6 heteroatoms. The summed E-state index contributed by atoms with van der Waals surface area (Å²) in [6.07, 6.45) is 8.22. The van der Waals surface area contributed by atoms with Gasteiger partial charge in [-0.05, 0) is 23.8 Å². The number of carbonyl (C=O) groups excluding carboxylic acids is 1. The third-order valence-corrected chi connectivity index (χ3v) is 4.66. The van der Waals surface area contributed by atoms with Crippen LogP contribution >= 0.6 is 0 Å². The van der Waals surface area contributed by atoms with Gasteiger partial charge in [-0.2, -0.15) is 5.10 Å². The molecule has 0 saturated heterocycles. The maximum atomic E-state index is 13.5. The summed E-state index contributed by atoms with van der Waals surface area (Å²) < 4.78 is 3.13. The van der Waals surface area contributed by atoms with Crippen molar-refractivity contribution in [3.8, 4) is 0 Å². The number of ketones is 1. The number of hydrogen-bond acceptors (Lipinski definition) is 4. The van der Waals surface area contributed by atoms with Gasteiger partial charge < -0.3 is 0 Å².